The van der Waals surface area contributed by atoms with E-state index in [1.807, 2.05) is 0 Å². The Morgan fingerprint density at radius 3 is 2.63 bits per heavy atom. The summed E-state index contributed by atoms with van der Waals surface area (Å²) in [5, 5.41) is 14.4. The number of morpholine rings is 1. The zero-order chi connectivity index (χ0) is 19.3. The molecule has 0 aromatic heterocycles. The molecule has 0 atom stereocenters. The summed E-state index contributed by atoms with van der Waals surface area (Å²) in [7, 11) is 1.28. The van der Waals surface area contributed by atoms with Crippen LogP contribution in [-0.4, -0.2) is 61.3 Å². The molecule has 148 valence electrons. The molecule has 8 nitrogen and oxygen atoms in total. The lowest BCUT2D eigenvalue weighted by atomic mass is 9.79. The number of carbonyl (C=O) groups is 1. The highest BCUT2D eigenvalue weighted by atomic mass is 16.6. The number of methoxy groups -OCH3 is 1. The fourth-order valence-corrected chi connectivity index (χ4v) is 4.19. The molecule has 0 radical (unpaired) electrons. The molecule has 0 bridgehead atoms. The number of nitro groups is 1. The molecule has 0 spiro atoms. The highest BCUT2D eigenvalue weighted by Crippen LogP contribution is 2.35. The first-order chi connectivity index (χ1) is 13.1. The van der Waals surface area contributed by atoms with Gasteiger partial charge in [0.2, 0.25) is 0 Å². The van der Waals surface area contributed by atoms with Gasteiger partial charge in [-0.1, -0.05) is 19.3 Å². The van der Waals surface area contributed by atoms with Gasteiger partial charge in [-0.15, -0.1) is 0 Å². The van der Waals surface area contributed by atoms with Gasteiger partial charge in [0, 0.05) is 43.0 Å². The number of anilines is 1. The van der Waals surface area contributed by atoms with Crippen molar-refractivity contribution in [2.75, 3.05) is 45.3 Å². The number of nitrogens with zero attached hydrogens (tertiary/aromatic N) is 2. The molecule has 1 N–H and O–H groups in total. The van der Waals surface area contributed by atoms with E-state index >= 15 is 0 Å². The van der Waals surface area contributed by atoms with Gasteiger partial charge < -0.3 is 14.8 Å². The topological polar surface area (TPSA) is 93.9 Å². The van der Waals surface area contributed by atoms with Crippen LogP contribution in [0.15, 0.2) is 18.2 Å². The first-order valence-corrected chi connectivity index (χ1v) is 9.49. The number of esters is 1. The van der Waals surface area contributed by atoms with Crippen molar-refractivity contribution >= 4 is 17.3 Å². The number of hydrogen-bond acceptors (Lipinski definition) is 7. The van der Waals surface area contributed by atoms with Gasteiger partial charge in [-0.3, -0.25) is 15.0 Å². The van der Waals surface area contributed by atoms with Crippen LogP contribution in [0.2, 0.25) is 0 Å². The molecule has 1 aromatic carbocycles. The van der Waals surface area contributed by atoms with Crippen LogP contribution in [0, 0.1) is 10.1 Å². The average molecular weight is 377 g/mol. The fourth-order valence-electron chi connectivity index (χ4n) is 4.19. The number of non-ortho nitro benzene ring substituents is 1. The van der Waals surface area contributed by atoms with Gasteiger partial charge in [0.1, 0.15) is 0 Å². The summed E-state index contributed by atoms with van der Waals surface area (Å²) in [5.41, 5.74) is 0.670. The predicted octanol–water partition coefficient (Wildman–Crippen LogP) is 2.83. The van der Waals surface area contributed by atoms with Gasteiger partial charge >= 0.3 is 5.97 Å². The van der Waals surface area contributed by atoms with Gasteiger partial charge in [-0.25, -0.2) is 4.79 Å². The summed E-state index contributed by atoms with van der Waals surface area (Å²) < 4.78 is 10.3. The van der Waals surface area contributed by atoms with E-state index in [2.05, 4.69) is 10.2 Å². The van der Waals surface area contributed by atoms with E-state index in [1.165, 1.54) is 38.5 Å². The SMILES string of the molecule is COC(=O)c1cc([N+](=O)[O-])ccc1NCC1(N2CCOCC2)CCCCC1. The van der Waals surface area contributed by atoms with E-state index in [4.69, 9.17) is 9.47 Å². The van der Waals surface area contributed by atoms with Gasteiger partial charge in [-0.05, 0) is 18.9 Å². The standard InChI is InChI=1S/C19H27N3O5/c1-26-18(23)16-13-15(22(24)25)5-6-17(16)20-14-19(7-3-2-4-8-19)21-9-11-27-12-10-21/h5-6,13,20H,2-4,7-12,14H2,1H3. The Balaban J connectivity index is 1.82. The third-order valence-corrected chi connectivity index (χ3v) is 5.69. The summed E-state index contributed by atoms with van der Waals surface area (Å²) in [5.74, 6) is -0.578. The van der Waals surface area contributed by atoms with Crippen molar-refractivity contribution in [1.29, 1.82) is 0 Å². The summed E-state index contributed by atoms with van der Waals surface area (Å²) in [4.78, 5) is 25.2. The number of nitrogens with one attached hydrogen (secondary N) is 1. The minimum absolute atomic E-state index is 0.0250. The molecular formula is C19H27N3O5. The fraction of sp³-hybridized carbons (Fsp3) is 0.632. The number of benzene rings is 1. The van der Waals surface area contributed by atoms with Gasteiger partial charge in [0.25, 0.3) is 5.69 Å². The van der Waals surface area contributed by atoms with Crippen LogP contribution in [0.25, 0.3) is 0 Å². The third kappa shape index (κ3) is 4.39. The normalized spacial score (nSPS) is 20.0. The van der Waals surface area contributed by atoms with E-state index in [0.29, 0.717) is 12.2 Å². The molecule has 27 heavy (non-hydrogen) atoms. The van der Waals surface area contributed by atoms with Crippen molar-refractivity contribution in [2.24, 2.45) is 0 Å². The molecular weight excluding hydrogens is 350 g/mol. The average Bonchev–Trinajstić information content (AvgIpc) is 2.72. The Morgan fingerprint density at radius 2 is 2.00 bits per heavy atom. The van der Waals surface area contributed by atoms with Crippen molar-refractivity contribution in [2.45, 2.75) is 37.6 Å². The van der Waals surface area contributed by atoms with E-state index in [-0.39, 0.29) is 16.8 Å². The van der Waals surface area contributed by atoms with Crippen molar-refractivity contribution in [3.8, 4) is 0 Å². The van der Waals surface area contributed by atoms with Crippen molar-refractivity contribution < 1.29 is 19.2 Å². The summed E-state index contributed by atoms with van der Waals surface area (Å²) in [6.45, 7) is 3.99. The van der Waals surface area contributed by atoms with Gasteiger partial charge in [0.05, 0.1) is 30.8 Å². The number of ether oxygens (including phenoxy) is 2. The van der Waals surface area contributed by atoms with Crippen LogP contribution in [0.4, 0.5) is 11.4 Å². The maximum atomic E-state index is 12.1. The number of hydrogen-bond donors (Lipinski definition) is 1. The summed E-state index contributed by atoms with van der Waals surface area (Å²) >= 11 is 0. The molecule has 0 unspecified atom stereocenters. The van der Waals surface area contributed by atoms with Crippen molar-refractivity contribution in [1.82, 2.24) is 4.90 Å². The maximum absolute atomic E-state index is 12.1. The minimum Gasteiger partial charge on any atom is -0.465 e. The molecule has 1 aliphatic carbocycles. The molecule has 1 aromatic rings. The molecule has 1 aliphatic heterocycles. The van der Waals surface area contributed by atoms with E-state index in [9.17, 15) is 14.9 Å². The molecule has 1 heterocycles. The number of carbonyl (C=O) groups excluding carboxylic acids is 1. The number of rotatable bonds is 6. The zero-order valence-corrected chi connectivity index (χ0v) is 15.7. The molecule has 2 aliphatic rings. The Morgan fingerprint density at radius 1 is 1.30 bits per heavy atom. The molecule has 8 heteroatoms. The second-order valence-corrected chi connectivity index (χ2v) is 7.22. The van der Waals surface area contributed by atoms with E-state index in [1.54, 1.807) is 6.07 Å². The lowest BCUT2D eigenvalue weighted by Gasteiger charge is -2.48. The Bertz CT molecular complexity index is 682. The molecule has 2 fully saturated rings. The Kier molecular flexibility index (Phi) is 6.28. The highest BCUT2D eigenvalue weighted by Gasteiger charge is 2.38. The lowest BCUT2D eigenvalue weighted by Crippen LogP contribution is -2.58. The Labute approximate surface area is 159 Å². The predicted molar refractivity (Wildman–Crippen MR) is 101 cm³/mol. The Hall–Kier alpha value is -2.19. The van der Waals surface area contributed by atoms with E-state index in [0.717, 1.165) is 39.1 Å². The number of nitro benzene ring substituents is 1. The van der Waals surface area contributed by atoms with Gasteiger partial charge in [-0.2, -0.15) is 0 Å². The van der Waals surface area contributed by atoms with Crippen LogP contribution < -0.4 is 5.32 Å². The zero-order valence-electron chi connectivity index (χ0n) is 15.7. The van der Waals surface area contributed by atoms with Gasteiger partial charge in [0.15, 0.2) is 0 Å². The first-order valence-electron chi connectivity index (χ1n) is 9.49. The largest absolute Gasteiger partial charge is 0.465 e. The summed E-state index contributed by atoms with van der Waals surface area (Å²) in [6.07, 6.45) is 5.81. The lowest BCUT2D eigenvalue weighted by molar-refractivity contribution is -0.384. The first kappa shape index (κ1) is 19.6. The van der Waals surface area contributed by atoms with Crippen LogP contribution in [0.5, 0.6) is 0 Å². The highest BCUT2D eigenvalue weighted by molar-refractivity contribution is 5.96. The molecule has 0 amide bonds. The minimum atomic E-state index is -0.578. The monoisotopic (exact) mass is 377 g/mol. The smallest absolute Gasteiger partial charge is 0.340 e. The molecule has 1 saturated carbocycles. The van der Waals surface area contributed by atoms with Crippen LogP contribution in [0.1, 0.15) is 42.5 Å². The summed E-state index contributed by atoms with van der Waals surface area (Å²) in [6, 6.07) is 4.29. The molecule has 3 rings (SSSR count). The maximum Gasteiger partial charge on any atom is 0.340 e. The third-order valence-electron chi connectivity index (χ3n) is 5.69. The second kappa shape index (κ2) is 8.67. The van der Waals surface area contributed by atoms with Crippen LogP contribution in [-0.2, 0) is 9.47 Å². The second-order valence-electron chi connectivity index (χ2n) is 7.22. The van der Waals surface area contributed by atoms with Crippen LogP contribution >= 0.6 is 0 Å². The van der Waals surface area contributed by atoms with Crippen molar-refractivity contribution in [3.63, 3.8) is 0 Å². The molecule has 1 saturated heterocycles. The quantitative estimate of drug-likeness (QED) is 0.463. The van der Waals surface area contributed by atoms with E-state index < -0.39 is 10.9 Å². The van der Waals surface area contributed by atoms with Crippen LogP contribution in [0.3, 0.4) is 0 Å². The van der Waals surface area contributed by atoms with Crippen molar-refractivity contribution in [3.05, 3.63) is 33.9 Å².